The molecule has 0 aliphatic carbocycles. The molecule has 0 bridgehead atoms. The Labute approximate surface area is 90.1 Å². The molecule has 0 atom stereocenters. The first kappa shape index (κ1) is 10.4. The van der Waals surface area contributed by atoms with Gasteiger partial charge in [0.25, 0.3) is 0 Å². The zero-order chi connectivity index (χ0) is 11.4. The topological polar surface area (TPSA) is 101 Å². The molecule has 2 heterocycles. The Kier molecular flexibility index (Phi) is 2.97. The Morgan fingerprint density at radius 1 is 1.56 bits per heavy atom. The first-order valence-electron chi connectivity index (χ1n) is 4.54. The van der Waals surface area contributed by atoms with Crippen LogP contribution in [0.1, 0.15) is 5.89 Å². The molecule has 0 aliphatic rings. The maximum atomic E-state index is 10.2. The van der Waals surface area contributed by atoms with E-state index in [0.29, 0.717) is 17.5 Å². The molecule has 0 radical (unpaired) electrons. The molecule has 2 N–H and O–H groups in total. The SMILES string of the molecule is O=C(O)CNCc1nc(-c2ccco2)no1. The van der Waals surface area contributed by atoms with Crippen LogP contribution in [0, 0.1) is 0 Å². The second-order valence-electron chi connectivity index (χ2n) is 2.99. The van der Waals surface area contributed by atoms with Crippen molar-refractivity contribution < 1.29 is 18.8 Å². The van der Waals surface area contributed by atoms with Gasteiger partial charge in [0.1, 0.15) is 0 Å². The highest BCUT2D eigenvalue weighted by atomic mass is 16.5. The zero-order valence-electron chi connectivity index (χ0n) is 8.21. The number of aliphatic carboxylic acids is 1. The van der Waals surface area contributed by atoms with Gasteiger partial charge in [-0.2, -0.15) is 4.98 Å². The largest absolute Gasteiger partial charge is 0.480 e. The third-order valence-electron chi connectivity index (χ3n) is 1.76. The average Bonchev–Trinajstić information content (AvgIpc) is 2.85. The van der Waals surface area contributed by atoms with Gasteiger partial charge in [-0.25, -0.2) is 0 Å². The van der Waals surface area contributed by atoms with Crippen molar-refractivity contribution in [2.75, 3.05) is 6.54 Å². The second kappa shape index (κ2) is 4.58. The van der Waals surface area contributed by atoms with Crippen LogP contribution in [0.3, 0.4) is 0 Å². The molecule has 2 aromatic heterocycles. The van der Waals surface area contributed by atoms with E-state index < -0.39 is 5.97 Å². The Bertz CT molecular complexity index is 463. The lowest BCUT2D eigenvalue weighted by molar-refractivity contribution is -0.136. The zero-order valence-corrected chi connectivity index (χ0v) is 8.21. The van der Waals surface area contributed by atoms with Gasteiger partial charge in [-0.15, -0.1) is 0 Å². The number of hydrogen-bond acceptors (Lipinski definition) is 6. The molecule has 7 heteroatoms. The van der Waals surface area contributed by atoms with E-state index in [4.69, 9.17) is 14.0 Å². The number of carbonyl (C=O) groups is 1. The molecule has 0 unspecified atom stereocenters. The Balaban J connectivity index is 1.95. The average molecular weight is 223 g/mol. The summed E-state index contributed by atoms with van der Waals surface area (Å²) in [6, 6.07) is 3.42. The third-order valence-corrected chi connectivity index (χ3v) is 1.76. The van der Waals surface area contributed by atoms with Crippen LogP contribution in [-0.2, 0) is 11.3 Å². The van der Waals surface area contributed by atoms with Gasteiger partial charge in [0.2, 0.25) is 11.7 Å². The predicted octanol–water partition coefficient (Wildman–Crippen LogP) is 0.504. The van der Waals surface area contributed by atoms with Crippen molar-refractivity contribution in [3.63, 3.8) is 0 Å². The molecule has 0 amide bonds. The first-order chi connectivity index (χ1) is 7.75. The summed E-state index contributed by atoms with van der Waals surface area (Å²) in [7, 11) is 0. The number of aromatic nitrogens is 2. The highest BCUT2D eigenvalue weighted by molar-refractivity contribution is 5.68. The highest BCUT2D eigenvalue weighted by Crippen LogP contribution is 2.15. The van der Waals surface area contributed by atoms with Crippen LogP contribution in [0.15, 0.2) is 27.3 Å². The van der Waals surface area contributed by atoms with E-state index in [9.17, 15) is 4.79 Å². The van der Waals surface area contributed by atoms with E-state index in [1.165, 1.54) is 6.26 Å². The van der Waals surface area contributed by atoms with E-state index >= 15 is 0 Å². The van der Waals surface area contributed by atoms with Crippen LogP contribution in [0.2, 0.25) is 0 Å². The number of carboxylic acid groups (broad SMARTS) is 1. The van der Waals surface area contributed by atoms with E-state index in [0.717, 1.165) is 0 Å². The Hall–Kier alpha value is -2.15. The Morgan fingerprint density at radius 2 is 2.44 bits per heavy atom. The maximum absolute atomic E-state index is 10.2. The highest BCUT2D eigenvalue weighted by Gasteiger charge is 2.10. The van der Waals surface area contributed by atoms with Crippen molar-refractivity contribution in [2.24, 2.45) is 0 Å². The molecule has 2 aromatic rings. The lowest BCUT2D eigenvalue weighted by atomic mass is 10.4. The molecule has 0 saturated heterocycles. The fraction of sp³-hybridized carbons (Fsp3) is 0.222. The van der Waals surface area contributed by atoms with Gasteiger partial charge in [-0.1, -0.05) is 5.16 Å². The van der Waals surface area contributed by atoms with Crippen LogP contribution in [0.5, 0.6) is 0 Å². The standard InChI is InChI=1S/C9H9N3O4/c13-8(14)5-10-4-7-11-9(12-16-7)6-2-1-3-15-6/h1-3,10H,4-5H2,(H,13,14). The molecule has 0 aliphatic heterocycles. The van der Waals surface area contributed by atoms with E-state index in [1.807, 2.05) is 0 Å². The molecular weight excluding hydrogens is 214 g/mol. The van der Waals surface area contributed by atoms with Gasteiger partial charge in [0.15, 0.2) is 5.76 Å². The third kappa shape index (κ3) is 2.45. The number of carboxylic acids is 1. The normalized spacial score (nSPS) is 10.5. The molecule has 0 saturated carbocycles. The summed E-state index contributed by atoms with van der Waals surface area (Å²) in [6.45, 7) is 0.0540. The summed E-state index contributed by atoms with van der Waals surface area (Å²) < 4.78 is 9.97. The maximum Gasteiger partial charge on any atom is 0.317 e. The van der Waals surface area contributed by atoms with Crippen molar-refractivity contribution in [2.45, 2.75) is 6.54 Å². The molecule has 0 fully saturated rings. The van der Waals surface area contributed by atoms with Crippen LogP contribution in [-0.4, -0.2) is 27.8 Å². The van der Waals surface area contributed by atoms with Gasteiger partial charge in [0.05, 0.1) is 19.4 Å². The molecule has 2 rings (SSSR count). The molecule has 84 valence electrons. The summed E-state index contributed by atoms with van der Waals surface area (Å²) in [5.41, 5.74) is 0. The lowest BCUT2D eigenvalue weighted by Gasteiger charge is -1.94. The summed E-state index contributed by atoms with van der Waals surface area (Å²) in [5.74, 6) is 0.226. The quantitative estimate of drug-likeness (QED) is 0.761. The van der Waals surface area contributed by atoms with Crippen molar-refractivity contribution in [3.8, 4) is 11.6 Å². The molecule has 0 aromatic carbocycles. The van der Waals surface area contributed by atoms with E-state index in [1.54, 1.807) is 12.1 Å². The smallest absolute Gasteiger partial charge is 0.317 e. The number of hydrogen-bond donors (Lipinski definition) is 2. The Morgan fingerprint density at radius 3 is 3.12 bits per heavy atom. The van der Waals surface area contributed by atoms with Crippen LogP contribution in [0.25, 0.3) is 11.6 Å². The molecule has 0 spiro atoms. The number of nitrogens with zero attached hydrogens (tertiary/aromatic N) is 2. The summed E-state index contributed by atoms with van der Waals surface area (Å²) in [6.07, 6.45) is 1.51. The number of furan rings is 1. The van der Waals surface area contributed by atoms with Crippen LogP contribution < -0.4 is 5.32 Å². The minimum atomic E-state index is -0.939. The van der Waals surface area contributed by atoms with Crippen LogP contribution in [0.4, 0.5) is 0 Å². The number of rotatable bonds is 5. The summed E-state index contributed by atoms with van der Waals surface area (Å²) in [5, 5.41) is 14.7. The van der Waals surface area contributed by atoms with Crippen molar-refractivity contribution in [1.82, 2.24) is 15.5 Å². The fourth-order valence-corrected chi connectivity index (χ4v) is 1.11. The van der Waals surface area contributed by atoms with Crippen LogP contribution >= 0.6 is 0 Å². The van der Waals surface area contributed by atoms with E-state index in [2.05, 4.69) is 15.5 Å². The summed E-state index contributed by atoms with van der Waals surface area (Å²) in [4.78, 5) is 14.3. The fourth-order valence-electron chi connectivity index (χ4n) is 1.11. The molecular formula is C9H9N3O4. The monoisotopic (exact) mass is 223 g/mol. The van der Waals surface area contributed by atoms with Crippen molar-refractivity contribution in [1.29, 1.82) is 0 Å². The van der Waals surface area contributed by atoms with Gasteiger partial charge in [-0.3, -0.25) is 10.1 Å². The van der Waals surface area contributed by atoms with Gasteiger partial charge < -0.3 is 14.0 Å². The van der Waals surface area contributed by atoms with Gasteiger partial charge >= 0.3 is 5.97 Å². The molecule has 16 heavy (non-hydrogen) atoms. The predicted molar refractivity (Wildman–Crippen MR) is 51.3 cm³/mol. The molecule has 7 nitrogen and oxygen atoms in total. The summed E-state index contributed by atoms with van der Waals surface area (Å²) >= 11 is 0. The number of nitrogens with one attached hydrogen (secondary N) is 1. The lowest BCUT2D eigenvalue weighted by Crippen LogP contribution is -2.21. The van der Waals surface area contributed by atoms with E-state index in [-0.39, 0.29) is 13.1 Å². The minimum absolute atomic E-state index is 0.154. The first-order valence-corrected chi connectivity index (χ1v) is 4.54. The van der Waals surface area contributed by atoms with Crippen molar-refractivity contribution in [3.05, 3.63) is 24.3 Å². The second-order valence-corrected chi connectivity index (χ2v) is 2.99. The minimum Gasteiger partial charge on any atom is -0.480 e. The van der Waals surface area contributed by atoms with Gasteiger partial charge in [-0.05, 0) is 12.1 Å². The van der Waals surface area contributed by atoms with Crippen molar-refractivity contribution >= 4 is 5.97 Å². The van der Waals surface area contributed by atoms with Gasteiger partial charge in [0, 0.05) is 0 Å².